The van der Waals surface area contributed by atoms with Crippen molar-refractivity contribution < 1.29 is 0 Å². The molecule has 1 saturated carbocycles. The molecule has 8 nitrogen and oxygen atoms in total. The van der Waals surface area contributed by atoms with E-state index in [1.54, 1.807) is 0 Å². The highest BCUT2D eigenvalue weighted by Crippen LogP contribution is 2.34. The van der Waals surface area contributed by atoms with E-state index < -0.39 is 0 Å². The summed E-state index contributed by atoms with van der Waals surface area (Å²) in [5, 5.41) is 14.3. The number of pyridine rings is 1. The van der Waals surface area contributed by atoms with Crippen LogP contribution in [0.15, 0.2) is 41.2 Å². The van der Waals surface area contributed by atoms with Gasteiger partial charge in [-0.1, -0.05) is 31.4 Å². The van der Waals surface area contributed by atoms with Gasteiger partial charge in [0.1, 0.15) is 6.04 Å². The molecule has 0 spiro atoms. The van der Waals surface area contributed by atoms with Crippen LogP contribution in [0.2, 0.25) is 0 Å². The average Bonchev–Trinajstić information content (AvgIpc) is 3.42. The molecule has 2 aromatic carbocycles. The number of H-pyrrole nitrogens is 1. The van der Waals surface area contributed by atoms with Crippen LogP contribution >= 0.6 is 0 Å². The molecule has 8 heteroatoms. The highest BCUT2D eigenvalue weighted by atomic mass is 16.1. The predicted molar refractivity (Wildman–Crippen MR) is 156 cm³/mol. The van der Waals surface area contributed by atoms with Gasteiger partial charge >= 0.3 is 0 Å². The molecule has 0 amide bonds. The Balaban J connectivity index is 1.40. The minimum absolute atomic E-state index is 0.0640. The van der Waals surface area contributed by atoms with Gasteiger partial charge in [0.15, 0.2) is 5.82 Å². The van der Waals surface area contributed by atoms with Crippen LogP contribution < -0.4 is 10.5 Å². The van der Waals surface area contributed by atoms with Crippen molar-refractivity contribution in [1.82, 2.24) is 30.1 Å². The van der Waals surface area contributed by atoms with Crippen molar-refractivity contribution in [2.75, 3.05) is 31.1 Å². The van der Waals surface area contributed by atoms with Crippen molar-refractivity contribution in [2.24, 2.45) is 0 Å². The standard InChI is InChI=1S/C31H39N7O/c1-20-9-8-12-28(23(20)4)36-13-15-37(16-14-36)29(30-33-34-35-38(30)25-10-6-5-7-11-25)26-19-24-17-21(2)22(3)18-27(24)32-31(26)39/h8-9,12,17-19,25,29H,5-7,10-11,13-16H2,1-4H3,(H,32,39)/t29-/m0/s1. The zero-order chi connectivity index (χ0) is 27.1. The maximum Gasteiger partial charge on any atom is 0.253 e. The van der Waals surface area contributed by atoms with E-state index in [0.717, 1.165) is 61.3 Å². The van der Waals surface area contributed by atoms with Crippen LogP contribution in [0.3, 0.4) is 0 Å². The van der Waals surface area contributed by atoms with Gasteiger partial charge in [-0.05, 0) is 103 Å². The molecule has 39 heavy (non-hydrogen) atoms. The smallest absolute Gasteiger partial charge is 0.253 e. The van der Waals surface area contributed by atoms with Crippen LogP contribution in [0.25, 0.3) is 10.9 Å². The fourth-order valence-electron chi connectivity index (χ4n) is 6.46. The molecule has 2 fully saturated rings. The molecule has 204 valence electrons. The number of tetrazole rings is 1. The van der Waals surface area contributed by atoms with Crippen LogP contribution in [0.4, 0.5) is 5.69 Å². The molecule has 1 N–H and O–H groups in total. The number of aryl methyl sites for hydroxylation is 3. The first-order chi connectivity index (χ1) is 18.9. The van der Waals surface area contributed by atoms with E-state index in [1.807, 2.05) is 4.68 Å². The van der Waals surface area contributed by atoms with Crippen molar-refractivity contribution >= 4 is 16.6 Å². The average molecular weight is 526 g/mol. The molecule has 1 aliphatic carbocycles. The van der Waals surface area contributed by atoms with Crippen LogP contribution in [-0.4, -0.2) is 56.3 Å². The molecule has 2 aliphatic rings. The van der Waals surface area contributed by atoms with Gasteiger partial charge in [-0.25, -0.2) is 4.68 Å². The number of aromatic nitrogens is 5. The van der Waals surface area contributed by atoms with E-state index in [0.29, 0.717) is 0 Å². The molecule has 0 unspecified atom stereocenters. The Morgan fingerprint density at radius 1 is 0.897 bits per heavy atom. The summed E-state index contributed by atoms with van der Waals surface area (Å²) in [6.45, 7) is 12.0. The summed E-state index contributed by atoms with van der Waals surface area (Å²) < 4.78 is 2.03. The third-order valence-corrected chi connectivity index (χ3v) is 9.06. The lowest BCUT2D eigenvalue weighted by Crippen LogP contribution is -2.49. The summed E-state index contributed by atoms with van der Waals surface area (Å²) in [7, 11) is 0. The number of rotatable bonds is 5. The number of hydrogen-bond donors (Lipinski definition) is 1. The van der Waals surface area contributed by atoms with E-state index in [4.69, 9.17) is 0 Å². The van der Waals surface area contributed by atoms with Gasteiger partial charge in [-0.3, -0.25) is 9.69 Å². The summed E-state index contributed by atoms with van der Waals surface area (Å²) in [5.74, 6) is 0.788. The summed E-state index contributed by atoms with van der Waals surface area (Å²) in [6.07, 6.45) is 5.81. The Labute approximate surface area is 230 Å². The third kappa shape index (κ3) is 4.86. The predicted octanol–water partition coefficient (Wildman–Crippen LogP) is 5.17. The third-order valence-electron chi connectivity index (χ3n) is 9.06. The lowest BCUT2D eigenvalue weighted by atomic mass is 9.95. The quantitative estimate of drug-likeness (QED) is 0.387. The second-order valence-electron chi connectivity index (χ2n) is 11.5. The van der Waals surface area contributed by atoms with Gasteiger partial charge in [0.05, 0.1) is 6.04 Å². The minimum atomic E-state index is -0.308. The molecule has 0 radical (unpaired) electrons. The van der Waals surface area contributed by atoms with Gasteiger partial charge < -0.3 is 9.88 Å². The highest BCUT2D eigenvalue weighted by Gasteiger charge is 2.34. The van der Waals surface area contributed by atoms with Crippen molar-refractivity contribution in [3.63, 3.8) is 0 Å². The maximum atomic E-state index is 13.7. The first-order valence-corrected chi connectivity index (χ1v) is 14.4. The van der Waals surface area contributed by atoms with Crippen molar-refractivity contribution in [3.05, 3.63) is 80.4 Å². The first-order valence-electron chi connectivity index (χ1n) is 14.4. The Morgan fingerprint density at radius 2 is 1.64 bits per heavy atom. The molecular weight excluding hydrogens is 486 g/mol. The SMILES string of the molecule is Cc1cc2cc([C@@H](c3nnnn3C3CCCCC3)N3CCN(c4cccc(C)c4C)CC3)c(=O)[nH]c2cc1C. The fourth-order valence-corrected chi connectivity index (χ4v) is 6.46. The first kappa shape index (κ1) is 25.7. The van der Waals surface area contributed by atoms with E-state index in [2.05, 4.69) is 94.4 Å². The van der Waals surface area contributed by atoms with Crippen LogP contribution in [0, 0.1) is 27.7 Å². The number of benzene rings is 2. The zero-order valence-corrected chi connectivity index (χ0v) is 23.6. The number of anilines is 1. The molecular formula is C31H39N7O. The lowest BCUT2D eigenvalue weighted by Gasteiger charge is -2.40. The number of nitrogens with zero attached hydrogens (tertiary/aromatic N) is 6. The number of nitrogens with one attached hydrogen (secondary N) is 1. The molecule has 6 rings (SSSR count). The zero-order valence-electron chi connectivity index (χ0n) is 23.6. The Kier molecular flexibility index (Phi) is 6.97. The van der Waals surface area contributed by atoms with E-state index in [9.17, 15) is 4.79 Å². The van der Waals surface area contributed by atoms with Gasteiger partial charge in [0.2, 0.25) is 0 Å². The van der Waals surface area contributed by atoms with Crippen LogP contribution in [0.5, 0.6) is 0 Å². The molecule has 4 aromatic rings. The molecule has 1 saturated heterocycles. The number of hydrogen-bond acceptors (Lipinski definition) is 6. The summed E-state index contributed by atoms with van der Waals surface area (Å²) in [5.41, 5.74) is 7.86. The Morgan fingerprint density at radius 3 is 2.41 bits per heavy atom. The molecule has 3 heterocycles. The van der Waals surface area contributed by atoms with E-state index in [-0.39, 0.29) is 17.6 Å². The van der Waals surface area contributed by atoms with Crippen molar-refractivity contribution in [2.45, 2.75) is 71.9 Å². The monoisotopic (exact) mass is 525 g/mol. The summed E-state index contributed by atoms with van der Waals surface area (Å²) >= 11 is 0. The lowest BCUT2D eigenvalue weighted by molar-refractivity contribution is 0.192. The van der Waals surface area contributed by atoms with Gasteiger partial charge in [0.25, 0.3) is 5.56 Å². The topological polar surface area (TPSA) is 82.9 Å². The maximum absolute atomic E-state index is 13.7. The Hall–Kier alpha value is -3.52. The van der Waals surface area contributed by atoms with Gasteiger partial charge in [0, 0.05) is 42.9 Å². The summed E-state index contributed by atoms with van der Waals surface area (Å²) in [4.78, 5) is 21.8. The minimum Gasteiger partial charge on any atom is -0.369 e. The molecule has 1 atom stereocenters. The van der Waals surface area contributed by atoms with Crippen molar-refractivity contribution in [1.29, 1.82) is 0 Å². The second kappa shape index (κ2) is 10.6. The normalized spacial score (nSPS) is 18.1. The van der Waals surface area contributed by atoms with Crippen molar-refractivity contribution in [3.8, 4) is 0 Å². The number of piperazine rings is 1. The van der Waals surface area contributed by atoms with Crippen LogP contribution in [0.1, 0.15) is 77.8 Å². The molecule has 1 aliphatic heterocycles. The van der Waals surface area contributed by atoms with E-state index in [1.165, 1.54) is 47.2 Å². The van der Waals surface area contributed by atoms with E-state index >= 15 is 0 Å². The van der Waals surface area contributed by atoms with Gasteiger partial charge in [-0.2, -0.15) is 0 Å². The Bertz CT molecular complexity index is 1540. The molecule has 0 bridgehead atoms. The number of fused-ring (bicyclic) bond motifs is 1. The fraction of sp³-hybridized carbons (Fsp3) is 0.484. The van der Waals surface area contributed by atoms with Crippen LogP contribution in [-0.2, 0) is 0 Å². The highest BCUT2D eigenvalue weighted by molar-refractivity contribution is 5.81. The molecule has 2 aromatic heterocycles. The number of aromatic amines is 1. The summed E-state index contributed by atoms with van der Waals surface area (Å²) in [6, 6.07) is 12.8. The largest absolute Gasteiger partial charge is 0.369 e. The second-order valence-corrected chi connectivity index (χ2v) is 11.5. The van der Waals surface area contributed by atoms with Gasteiger partial charge in [-0.15, -0.1) is 5.10 Å².